The molecule has 4 fully saturated rings. The summed E-state index contributed by atoms with van der Waals surface area (Å²) in [6.45, 7) is 6.79. The van der Waals surface area contributed by atoms with Gasteiger partial charge in [0.15, 0.2) is 0 Å². The van der Waals surface area contributed by atoms with Crippen molar-refractivity contribution in [2.75, 3.05) is 53.0 Å². The summed E-state index contributed by atoms with van der Waals surface area (Å²) in [6, 6.07) is 0.519. The minimum Gasteiger partial charge on any atom is -0.378 e. The lowest BCUT2D eigenvalue weighted by molar-refractivity contribution is -0.175. The van der Waals surface area contributed by atoms with Crippen molar-refractivity contribution < 1.29 is 9.53 Å². The van der Waals surface area contributed by atoms with Crippen LogP contribution in [0, 0.1) is 5.92 Å². The molecule has 3 heterocycles. The van der Waals surface area contributed by atoms with E-state index in [1.807, 2.05) is 0 Å². The van der Waals surface area contributed by atoms with E-state index in [4.69, 9.17) is 4.74 Å². The van der Waals surface area contributed by atoms with Gasteiger partial charge in [-0.05, 0) is 19.9 Å². The molecule has 4 aliphatic rings. The van der Waals surface area contributed by atoms with Crippen LogP contribution in [0.15, 0.2) is 0 Å². The first-order valence-electron chi connectivity index (χ1n) is 7.50. The SMILES string of the molecule is CN1CC2COCCN2C2(C1)CN(C(=O)C1CC1)C2. The van der Waals surface area contributed by atoms with Gasteiger partial charge < -0.3 is 14.5 Å². The molecule has 5 heteroatoms. The van der Waals surface area contributed by atoms with E-state index in [2.05, 4.69) is 21.7 Å². The third-order valence-corrected chi connectivity index (χ3v) is 5.13. The Morgan fingerprint density at radius 2 is 2.05 bits per heavy atom. The highest BCUT2D eigenvalue weighted by Gasteiger charge is 2.55. The van der Waals surface area contributed by atoms with E-state index >= 15 is 0 Å². The lowest BCUT2D eigenvalue weighted by atomic mass is 9.82. The normalized spacial score (nSPS) is 35.0. The van der Waals surface area contributed by atoms with Crippen molar-refractivity contribution in [1.82, 2.24) is 14.7 Å². The molecule has 1 atom stereocenters. The van der Waals surface area contributed by atoms with E-state index in [1.165, 1.54) is 0 Å². The fourth-order valence-corrected chi connectivity index (χ4v) is 4.14. The lowest BCUT2D eigenvalue weighted by Crippen LogP contribution is -2.80. The van der Waals surface area contributed by atoms with Gasteiger partial charge in [-0.15, -0.1) is 0 Å². The number of amides is 1. The molecule has 1 aliphatic carbocycles. The molecule has 0 radical (unpaired) electrons. The van der Waals surface area contributed by atoms with Crippen LogP contribution >= 0.6 is 0 Å². The Balaban J connectivity index is 1.48. The Morgan fingerprint density at radius 3 is 2.79 bits per heavy atom. The zero-order chi connectivity index (χ0) is 13.0. The number of morpholine rings is 1. The van der Waals surface area contributed by atoms with Crippen LogP contribution in [-0.2, 0) is 9.53 Å². The van der Waals surface area contributed by atoms with Crippen LogP contribution in [0.5, 0.6) is 0 Å². The quantitative estimate of drug-likeness (QED) is 0.648. The van der Waals surface area contributed by atoms with Crippen LogP contribution in [0.25, 0.3) is 0 Å². The standard InChI is InChI=1S/C14H23N3O2/c1-15-6-12-7-19-5-4-17(12)14(8-15)9-16(10-14)13(18)11-2-3-11/h11-12H,2-10H2,1H3. The molecule has 0 bridgehead atoms. The molecule has 5 nitrogen and oxygen atoms in total. The Morgan fingerprint density at radius 1 is 1.26 bits per heavy atom. The average molecular weight is 265 g/mol. The highest BCUT2D eigenvalue weighted by molar-refractivity contribution is 5.82. The van der Waals surface area contributed by atoms with Gasteiger partial charge in [0.2, 0.25) is 5.91 Å². The van der Waals surface area contributed by atoms with Gasteiger partial charge in [0.1, 0.15) is 0 Å². The summed E-state index contributed by atoms with van der Waals surface area (Å²) in [5.74, 6) is 0.766. The summed E-state index contributed by atoms with van der Waals surface area (Å²) in [6.07, 6.45) is 2.23. The molecule has 3 aliphatic heterocycles. The predicted molar refractivity (Wildman–Crippen MR) is 70.8 cm³/mol. The van der Waals surface area contributed by atoms with Gasteiger partial charge >= 0.3 is 0 Å². The van der Waals surface area contributed by atoms with E-state index in [-0.39, 0.29) is 5.54 Å². The number of likely N-dealkylation sites (N-methyl/N-ethyl adjacent to an activating group) is 1. The monoisotopic (exact) mass is 265 g/mol. The van der Waals surface area contributed by atoms with Gasteiger partial charge in [-0.1, -0.05) is 0 Å². The fraction of sp³-hybridized carbons (Fsp3) is 0.929. The molecular weight excluding hydrogens is 242 g/mol. The van der Waals surface area contributed by atoms with Crippen molar-refractivity contribution >= 4 is 5.91 Å². The number of ether oxygens (including phenoxy) is 1. The van der Waals surface area contributed by atoms with Crippen LogP contribution in [-0.4, -0.2) is 85.2 Å². The number of rotatable bonds is 1. The lowest BCUT2D eigenvalue weighted by Gasteiger charge is -2.63. The Labute approximate surface area is 114 Å². The summed E-state index contributed by atoms with van der Waals surface area (Å²) in [5, 5.41) is 0. The number of nitrogens with zero attached hydrogens (tertiary/aromatic N) is 3. The maximum atomic E-state index is 12.1. The summed E-state index contributed by atoms with van der Waals surface area (Å²) in [4.78, 5) is 19.3. The average Bonchev–Trinajstić information content (AvgIpc) is 3.18. The van der Waals surface area contributed by atoms with E-state index in [0.29, 0.717) is 17.9 Å². The second-order valence-electron chi connectivity index (χ2n) is 6.81. The molecular formula is C14H23N3O2. The first-order chi connectivity index (χ1) is 9.18. The van der Waals surface area contributed by atoms with Gasteiger partial charge in [0.25, 0.3) is 0 Å². The molecule has 0 aromatic heterocycles. The second-order valence-corrected chi connectivity index (χ2v) is 6.81. The number of fused-ring (bicyclic) bond motifs is 2. The Bertz CT molecular complexity index is 390. The van der Waals surface area contributed by atoms with Crippen LogP contribution < -0.4 is 0 Å². The molecule has 1 amide bonds. The van der Waals surface area contributed by atoms with Gasteiger partial charge in [-0.3, -0.25) is 9.69 Å². The van der Waals surface area contributed by atoms with Crippen LogP contribution in [0.1, 0.15) is 12.8 Å². The molecule has 0 aromatic carbocycles. The first kappa shape index (κ1) is 12.1. The van der Waals surface area contributed by atoms with E-state index in [9.17, 15) is 4.79 Å². The molecule has 1 unspecified atom stereocenters. The molecule has 19 heavy (non-hydrogen) atoms. The maximum absolute atomic E-state index is 12.1. The predicted octanol–water partition coefficient (Wildman–Crippen LogP) is -0.376. The highest BCUT2D eigenvalue weighted by atomic mass is 16.5. The summed E-state index contributed by atoms with van der Waals surface area (Å²) in [5.41, 5.74) is 0.214. The van der Waals surface area contributed by atoms with Crippen molar-refractivity contribution in [2.24, 2.45) is 5.92 Å². The molecule has 4 rings (SSSR count). The zero-order valence-corrected chi connectivity index (χ0v) is 11.7. The summed E-state index contributed by atoms with van der Waals surface area (Å²) < 4.78 is 5.62. The van der Waals surface area contributed by atoms with Gasteiger partial charge in [0.05, 0.1) is 18.8 Å². The van der Waals surface area contributed by atoms with Gasteiger partial charge in [-0.2, -0.15) is 0 Å². The summed E-state index contributed by atoms with van der Waals surface area (Å²) in [7, 11) is 2.19. The number of hydrogen-bond donors (Lipinski definition) is 0. The topological polar surface area (TPSA) is 36.0 Å². The van der Waals surface area contributed by atoms with Crippen molar-refractivity contribution in [2.45, 2.75) is 24.4 Å². The van der Waals surface area contributed by atoms with Crippen molar-refractivity contribution in [3.05, 3.63) is 0 Å². The van der Waals surface area contributed by atoms with Crippen LogP contribution in [0.4, 0.5) is 0 Å². The smallest absolute Gasteiger partial charge is 0.225 e. The zero-order valence-electron chi connectivity index (χ0n) is 11.7. The highest BCUT2D eigenvalue weighted by Crippen LogP contribution is 2.39. The van der Waals surface area contributed by atoms with Crippen LogP contribution in [0.2, 0.25) is 0 Å². The van der Waals surface area contributed by atoms with E-state index in [1.54, 1.807) is 0 Å². The number of carbonyl (C=O) groups is 1. The molecule has 1 saturated carbocycles. The third kappa shape index (κ3) is 1.90. The molecule has 3 saturated heterocycles. The van der Waals surface area contributed by atoms with E-state index < -0.39 is 0 Å². The second kappa shape index (κ2) is 4.17. The Kier molecular flexibility index (Phi) is 2.66. The molecule has 0 aromatic rings. The van der Waals surface area contributed by atoms with Gasteiger partial charge in [0, 0.05) is 44.7 Å². The largest absolute Gasteiger partial charge is 0.378 e. The van der Waals surface area contributed by atoms with Crippen molar-refractivity contribution in [3.8, 4) is 0 Å². The fourth-order valence-electron chi connectivity index (χ4n) is 4.14. The molecule has 0 N–H and O–H groups in total. The van der Waals surface area contributed by atoms with E-state index in [0.717, 1.165) is 58.8 Å². The number of hydrogen-bond acceptors (Lipinski definition) is 4. The number of carbonyl (C=O) groups excluding carboxylic acids is 1. The maximum Gasteiger partial charge on any atom is 0.225 e. The minimum atomic E-state index is 0.214. The van der Waals surface area contributed by atoms with Crippen LogP contribution in [0.3, 0.4) is 0 Å². The van der Waals surface area contributed by atoms with Gasteiger partial charge in [-0.25, -0.2) is 0 Å². The number of piperazine rings is 1. The first-order valence-corrected chi connectivity index (χ1v) is 7.50. The third-order valence-electron chi connectivity index (χ3n) is 5.13. The number of likely N-dealkylation sites (tertiary alicyclic amines) is 1. The molecule has 1 spiro atoms. The Hall–Kier alpha value is -0.650. The van der Waals surface area contributed by atoms with Crippen molar-refractivity contribution in [3.63, 3.8) is 0 Å². The van der Waals surface area contributed by atoms with Crippen molar-refractivity contribution in [1.29, 1.82) is 0 Å². The summed E-state index contributed by atoms with van der Waals surface area (Å²) >= 11 is 0. The minimum absolute atomic E-state index is 0.214. The molecule has 106 valence electrons.